The molecule has 2 saturated heterocycles. The first-order chi connectivity index (χ1) is 7.66. The molecule has 0 aromatic heterocycles. The van der Waals surface area contributed by atoms with Crippen LogP contribution in [-0.2, 0) is 9.47 Å². The molecule has 0 amide bonds. The minimum absolute atomic E-state index is 0.0684. The molecule has 1 aliphatic carbocycles. The first-order valence-electron chi connectivity index (χ1n) is 6.67. The Labute approximate surface area is 97.9 Å². The van der Waals surface area contributed by atoms with Gasteiger partial charge in [-0.2, -0.15) is 0 Å². The van der Waals surface area contributed by atoms with E-state index in [1.807, 2.05) is 0 Å². The minimum atomic E-state index is -0.0684. The summed E-state index contributed by atoms with van der Waals surface area (Å²) in [6, 6.07) is 0. The summed E-state index contributed by atoms with van der Waals surface area (Å²) in [7, 11) is 0. The van der Waals surface area contributed by atoms with Crippen molar-refractivity contribution >= 4 is 0 Å². The van der Waals surface area contributed by atoms with Gasteiger partial charge in [-0.3, -0.25) is 5.32 Å². The van der Waals surface area contributed by atoms with Crippen LogP contribution in [0.15, 0.2) is 0 Å². The summed E-state index contributed by atoms with van der Waals surface area (Å²) < 4.78 is 11.9. The molecule has 0 bridgehead atoms. The van der Waals surface area contributed by atoms with E-state index in [0.717, 1.165) is 32.6 Å². The second kappa shape index (κ2) is 3.69. The Kier molecular flexibility index (Phi) is 2.54. The summed E-state index contributed by atoms with van der Waals surface area (Å²) >= 11 is 0. The third-order valence-corrected chi connectivity index (χ3v) is 4.52. The summed E-state index contributed by atoms with van der Waals surface area (Å²) in [6.07, 6.45) is 5.15. The van der Waals surface area contributed by atoms with Crippen molar-refractivity contribution in [2.75, 3.05) is 19.8 Å². The first kappa shape index (κ1) is 11.0. The smallest absolute Gasteiger partial charge is 0.124 e. The lowest BCUT2D eigenvalue weighted by Gasteiger charge is -2.49. The molecule has 2 aliphatic heterocycles. The van der Waals surface area contributed by atoms with Crippen molar-refractivity contribution in [1.82, 2.24) is 5.32 Å². The molecule has 0 aromatic rings. The molecule has 3 fully saturated rings. The van der Waals surface area contributed by atoms with Crippen LogP contribution in [0, 0.1) is 11.3 Å². The predicted molar refractivity (Wildman–Crippen MR) is 62.2 cm³/mol. The van der Waals surface area contributed by atoms with E-state index in [1.165, 1.54) is 12.8 Å². The van der Waals surface area contributed by atoms with E-state index in [0.29, 0.717) is 17.4 Å². The molecule has 3 nitrogen and oxygen atoms in total. The van der Waals surface area contributed by atoms with Crippen LogP contribution in [0.2, 0.25) is 0 Å². The van der Waals surface area contributed by atoms with Crippen LogP contribution in [-0.4, -0.2) is 31.6 Å². The highest BCUT2D eigenvalue weighted by atomic mass is 16.5. The van der Waals surface area contributed by atoms with Crippen molar-refractivity contribution in [3.63, 3.8) is 0 Å². The normalized spacial score (nSPS) is 35.8. The van der Waals surface area contributed by atoms with Crippen molar-refractivity contribution in [3.05, 3.63) is 0 Å². The molecule has 1 N–H and O–H groups in total. The lowest BCUT2D eigenvalue weighted by atomic mass is 9.86. The van der Waals surface area contributed by atoms with E-state index in [4.69, 9.17) is 9.47 Å². The average molecular weight is 225 g/mol. The molecule has 3 rings (SSSR count). The van der Waals surface area contributed by atoms with Gasteiger partial charge in [-0.05, 0) is 18.8 Å². The van der Waals surface area contributed by atoms with E-state index in [-0.39, 0.29) is 5.72 Å². The molecule has 0 aromatic carbocycles. The van der Waals surface area contributed by atoms with E-state index in [1.54, 1.807) is 0 Å². The quantitative estimate of drug-likeness (QED) is 0.739. The molecule has 0 radical (unpaired) electrons. The zero-order valence-corrected chi connectivity index (χ0v) is 10.4. The largest absolute Gasteiger partial charge is 0.381 e. The van der Waals surface area contributed by atoms with Crippen LogP contribution < -0.4 is 5.32 Å². The molecule has 3 aliphatic rings. The Balaban J connectivity index is 1.75. The number of hydrogen-bond donors (Lipinski definition) is 1. The van der Waals surface area contributed by atoms with Crippen LogP contribution in [0.3, 0.4) is 0 Å². The summed E-state index contributed by atoms with van der Waals surface area (Å²) in [5, 5.41) is 3.67. The maximum absolute atomic E-state index is 6.46. The van der Waals surface area contributed by atoms with Crippen molar-refractivity contribution in [3.8, 4) is 0 Å². The Hall–Kier alpha value is -0.120. The highest BCUT2D eigenvalue weighted by Gasteiger charge is 2.57. The van der Waals surface area contributed by atoms with Gasteiger partial charge in [-0.25, -0.2) is 0 Å². The third-order valence-electron chi connectivity index (χ3n) is 4.52. The zero-order valence-electron chi connectivity index (χ0n) is 10.4. The lowest BCUT2D eigenvalue weighted by Crippen LogP contribution is -2.62. The van der Waals surface area contributed by atoms with Crippen LogP contribution in [0.5, 0.6) is 0 Å². The minimum Gasteiger partial charge on any atom is -0.381 e. The van der Waals surface area contributed by atoms with Crippen LogP contribution >= 0.6 is 0 Å². The topological polar surface area (TPSA) is 30.5 Å². The van der Waals surface area contributed by atoms with Gasteiger partial charge in [0, 0.05) is 24.8 Å². The molecule has 3 heteroatoms. The van der Waals surface area contributed by atoms with Crippen molar-refractivity contribution in [2.45, 2.75) is 51.4 Å². The highest BCUT2D eigenvalue weighted by molar-refractivity contribution is 5.07. The van der Waals surface area contributed by atoms with Gasteiger partial charge in [-0.15, -0.1) is 0 Å². The van der Waals surface area contributed by atoms with Gasteiger partial charge in [0.25, 0.3) is 0 Å². The molecule has 2 spiro atoms. The summed E-state index contributed by atoms with van der Waals surface area (Å²) in [5.74, 6) is 0.629. The zero-order chi connectivity index (χ0) is 11.2. The van der Waals surface area contributed by atoms with Gasteiger partial charge in [-0.1, -0.05) is 13.8 Å². The monoisotopic (exact) mass is 225 g/mol. The lowest BCUT2D eigenvalue weighted by molar-refractivity contribution is -0.216. The molecule has 2 heterocycles. The fraction of sp³-hybridized carbons (Fsp3) is 1.00. The molecule has 92 valence electrons. The van der Waals surface area contributed by atoms with Gasteiger partial charge >= 0.3 is 0 Å². The maximum atomic E-state index is 6.46. The molecular weight excluding hydrogens is 202 g/mol. The van der Waals surface area contributed by atoms with E-state index >= 15 is 0 Å². The van der Waals surface area contributed by atoms with Gasteiger partial charge in [0.15, 0.2) is 0 Å². The van der Waals surface area contributed by atoms with Gasteiger partial charge in [0.2, 0.25) is 0 Å². The van der Waals surface area contributed by atoms with Crippen LogP contribution in [0.4, 0.5) is 0 Å². The molecule has 1 saturated carbocycles. The Morgan fingerprint density at radius 2 is 1.81 bits per heavy atom. The maximum Gasteiger partial charge on any atom is 0.124 e. The fourth-order valence-electron chi connectivity index (χ4n) is 3.31. The summed E-state index contributed by atoms with van der Waals surface area (Å²) in [6.45, 7) is 7.41. The summed E-state index contributed by atoms with van der Waals surface area (Å²) in [5.41, 5.74) is 0.402. The molecule has 1 atom stereocenters. The standard InChI is InChI=1S/C13H23NO2/c1-10(2)11-12(3-4-12)9-14-13(16-11)5-7-15-8-6-13/h10-11,14H,3-9H2,1-2H3. The number of nitrogens with one attached hydrogen (secondary N) is 1. The second-order valence-corrected chi connectivity index (χ2v) is 6.11. The Morgan fingerprint density at radius 1 is 1.12 bits per heavy atom. The molecule has 1 unspecified atom stereocenters. The van der Waals surface area contributed by atoms with Gasteiger partial charge < -0.3 is 9.47 Å². The number of rotatable bonds is 1. The fourth-order valence-corrected chi connectivity index (χ4v) is 3.31. The van der Waals surface area contributed by atoms with Crippen molar-refractivity contribution < 1.29 is 9.47 Å². The van der Waals surface area contributed by atoms with E-state index in [2.05, 4.69) is 19.2 Å². The first-order valence-corrected chi connectivity index (χ1v) is 6.67. The predicted octanol–water partition coefficient (Wildman–Crippen LogP) is 1.92. The Bertz CT molecular complexity index is 267. The van der Waals surface area contributed by atoms with E-state index in [9.17, 15) is 0 Å². The average Bonchev–Trinajstić information content (AvgIpc) is 3.05. The van der Waals surface area contributed by atoms with Crippen molar-refractivity contribution in [2.24, 2.45) is 11.3 Å². The Morgan fingerprint density at radius 3 is 2.38 bits per heavy atom. The SMILES string of the molecule is CC(C)C1OC2(CCOCC2)NCC12CC2. The van der Waals surface area contributed by atoms with Gasteiger partial charge in [0.1, 0.15) is 5.72 Å². The number of hydrogen-bond acceptors (Lipinski definition) is 3. The van der Waals surface area contributed by atoms with Gasteiger partial charge in [0.05, 0.1) is 19.3 Å². The van der Waals surface area contributed by atoms with E-state index < -0.39 is 0 Å². The highest BCUT2D eigenvalue weighted by Crippen LogP contribution is 2.55. The molecular formula is C13H23NO2. The number of ether oxygens (including phenoxy) is 2. The second-order valence-electron chi connectivity index (χ2n) is 6.11. The van der Waals surface area contributed by atoms with Crippen molar-refractivity contribution in [1.29, 1.82) is 0 Å². The third kappa shape index (κ3) is 1.69. The van der Waals surface area contributed by atoms with Crippen LogP contribution in [0.1, 0.15) is 39.5 Å². The molecule has 16 heavy (non-hydrogen) atoms. The van der Waals surface area contributed by atoms with Crippen LogP contribution in [0.25, 0.3) is 0 Å². The summed E-state index contributed by atoms with van der Waals surface area (Å²) in [4.78, 5) is 0.